The SMILES string of the molecule is Nc1cc(N)c(C2C(=O)C=CC2=O)c(N)c1. The number of allylic oxidation sites excluding steroid dienone is 2. The van der Waals surface area contributed by atoms with Gasteiger partial charge in [-0.2, -0.15) is 0 Å². The van der Waals surface area contributed by atoms with E-state index in [0.717, 1.165) is 0 Å². The highest BCUT2D eigenvalue weighted by molar-refractivity contribution is 6.23. The number of carbonyl (C=O) groups excluding carboxylic acids is 2. The second kappa shape index (κ2) is 3.37. The van der Waals surface area contributed by atoms with Crippen LogP contribution >= 0.6 is 0 Å². The lowest BCUT2D eigenvalue weighted by molar-refractivity contribution is -0.122. The van der Waals surface area contributed by atoms with Crippen molar-refractivity contribution in [2.24, 2.45) is 0 Å². The molecule has 5 nitrogen and oxygen atoms in total. The highest BCUT2D eigenvalue weighted by Crippen LogP contribution is 2.34. The van der Waals surface area contributed by atoms with Crippen molar-refractivity contribution >= 4 is 28.6 Å². The molecule has 0 bridgehead atoms. The summed E-state index contributed by atoms with van der Waals surface area (Å²) in [5.74, 6) is -1.50. The van der Waals surface area contributed by atoms with Crippen molar-refractivity contribution in [1.29, 1.82) is 0 Å². The van der Waals surface area contributed by atoms with Crippen LogP contribution in [0.5, 0.6) is 0 Å². The Labute approximate surface area is 91.9 Å². The third-order valence-electron chi connectivity index (χ3n) is 2.54. The van der Waals surface area contributed by atoms with E-state index >= 15 is 0 Å². The molecule has 16 heavy (non-hydrogen) atoms. The van der Waals surface area contributed by atoms with Crippen LogP contribution in [0.2, 0.25) is 0 Å². The summed E-state index contributed by atoms with van der Waals surface area (Å²) in [5.41, 5.74) is 18.3. The van der Waals surface area contributed by atoms with E-state index in [-0.39, 0.29) is 22.9 Å². The first-order valence-electron chi connectivity index (χ1n) is 4.71. The molecule has 0 unspecified atom stereocenters. The number of hydrogen-bond donors (Lipinski definition) is 3. The number of carbonyl (C=O) groups is 2. The first-order valence-corrected chi connectivity index (χ1v) is 4.71. The number of nitrogen functional groups attached to an aromatic ring is 3. The van der Waals surface area contributed by atoms with E-state index in [4.69, 9.17) is 17.2 Å². The molecule has 0 amide bonds. The number of rotatable bonds is 1. The Morgan fingerprint density at radius 2 is 1.31 bits per heavy atom. The largest absolute Gasteiger partial charge is 0.399 e. The van der Waals surface area contributed by atoms with E-state index in [1.165, 1.54) is 24.3 Å². The van der Waals surface area contributed by atoms with Gasteiger partial charge in [0.05, 0.1) is 0 Å². The molecule has 1 aliphatic carbocycles. The van der Waals surface area contributed by atoms with Gasteiger partial charge in [0.15, 0.2) is 11.6 Å². The average Bonchev–Trinajstić information content (AvgIpc) is 2.47. The van der Waals surface area contributed by atoms with Crippen LogP contribution in [0.1, 0.15) is 11.5 Å². The third kappa shape index (κ3) is 1.42. The van der Waals surface area contributed by atoms with E-state index < -0.39 is 5.92 Å². The van der Waals surface area contributed by atoms with Gasteiger partial charge in [-0.05, 0) is 24.3 Å². The summed E-state index contributed by atoms with van der Waals surface area (Å²) in [6.45, 7) is 0. The Hall–Kier alpha value is -2.30. The van der Waals surface area contributed by atoms with Crippen LogP contribution in [0.4, 0.5) is 17.1 Å². The molecule has 1 aromatic carbocycles. The topological polar surface area (TPSA) is 112 Å². The predicted octanol–water partition coefficient (Wildman–Crippen LogP) is 0.225. The van der Waals surface area contributed by atoms with Crippen molar-refractivity contribution < 1.29 is 9.59 Å². The molecular weight excluding hydrogens is 206 g/mol. The minimum absolute atomic E-state index is 0.271. The normalized spacial score (nSPS) is 16.0. The average molecular weight is 217 g/mol. The van der Waals surface area contributed by atoms with E-state index in [2.05, 4.69) is 0 Å². The molecule has 0 saturated heterocycles. The fourth-order valence-electron chi connectivity index (χ4n) is 1.84. The summed E-state index contributed by atoms with van der Waals surface area (Å²) >= 11 is 0. The van der Waals surface area contributed by atoms with Gasteiger partial charge in [0.2, 0.25) is 0 Å². The molecule has 2 rings (SSSR count). The number of hydrogen-bond acceptors (Lipinski definition) is 5. The third-order valence-corrected chi connectivity index (χ3v) is 2.54. The quantitative estimate of drug-likeness (QED) is 0.460. The fraction of sp³-hybridized carbons (Fsp3) is 0.0909. The zero-order valence-corrected chi connectivity index (χ0v) is 8.44. The number of anilines is 3. The molecule has 0 atom stereocenters. The highest BCUT2D eigenvalue weighted by atomic mass is 16.2. The maximum atomic E-state index is 11.5. The van der Waals surface area contributed by atoms with Crippen LogP contribution in [0.3, 0.4) is 0 Å². The van der Waals surface area contributed by atoms with Gasteiger partial charge in [0, 0.05) is 22.6 Å². The summed E-state index contributed by atoms with van der Waals surface area (Å²) in [7, 11) is 0. The van der Waals surface area contributed by atoms with Gasteiger partial charge in [0.1, 0.15) is 5.92 Å². The zero-order valence-electron chi connectivity index (χ0n) is 8.44. The van der Waals surface area contributed by atoms with E-state index in [1.807, 2.05) is 0 Å². The minimum atomic E-state index is -0.902. The molecule has 0 saturated carbocycles. The number of benzene rings is 1. The Bertz CT molecular complexity index is 479. The van der Waals surface area contributed by atoms with Crippen LogP contribution in [0.15, 0.2) is 24.3 Å². The lowest BCUT2D eigenvalue weighted by atomic mass is 9.92. The molecule has 0 radical (unpaired) electrons. The van der Waals surface area contributed by atoms with Crippen LogP contribution in [-0.2, 0) is 9.59 Å². The van der Waals surface area contributed by atoms with Crippen molar-refractivity contribution in [2.45, 2.75) is 5.92 Å². The van der Waals surface area contributed by atoms with Gasteiger partial charge in [-0.25, -0.2) is 0 Å². The molecule has 0 spiro atoms. The van der Waals surface area contributed by atoms with Gasteiger partial charge in [-0.3, -0.25) is 9.59 Å². The Balaban J connectivity index is 2.57. The summed E-state index contributed by atoms with van der Waals surface area (Å²) in [6, 6.07) is 2.98. The van der Waals surface area contributed by atoms with Crippen LogP contribution in [0, 0.1) is 0 Å². The van der Waals surface area contributed by atoms with Crippen molar-refractivity contribution in [1.82, 2.24) is 0 Å². The molecule has 82 valence electrons. The Morgan fingerprint density at radius 3 is 1.75 bits per heavy atom. The van der Waals surface area contributed by atoms with Gasteiger partial charge < -0.3 is 17.2 Å². The second-order valence-electron chi connectivity index (χ2n) is 3.68. The molecule has 0 fully saturated rings. The Kier molecular flexibility index (Phi) is 2.16. The monoisotopic (exact) mass is 217 g/mol. The Morgan fingerprint density at radius 1 is 0.875 bits per heavy atom. The van der Waals surface area contributed by atoms with Gasteiger partial charge >= 0.3 is 0 Å². The lowest BCUT2D eigenvalue weighted by Crippen LogP contribution is -2.17. The minimum Gasteiger partial charge on any atom is -0.399 e. The predicted molar refractivity (Wildman–Crippen MR) is 61.6 cm³/mol. The van der Waals surface area contributed by atoms with Crippen LogP contribution in [0.25, 0.3) is 0 Å². The summed E-state index contributed by atoms with van der Waals surface area (Å²) in [5, 5.41) is 0. The maximum absolute atomic E-state index is 11.5. The van der Waals surface area contributed by atoms with Gasteiger partial charge in [-0.15, -0.1) is 0 Å². The fourth-order valence-corrected chi connectivity index (χ4v) is 1.84. The molecule has 6 N–H and O–H groups in total. The van der Waals surface area contributed by atoms with Crippen molar-refractivity contribution in [3.63, 3.8) is 0 Å². The first kappa shape index (κ1) is 10.2. The standard InChI is InChI=1S/C11H11N3O2/c12-5-3-6(13)10(7(14)4-5)11-8(15)1-2-9(11)16/h1-4,11H,12-14H2. The summed E-state index contributed by atoms with van der Waals surface area (Å²) in [4.78, 5) is 23.0. The molecule has 0 aromatic heterocycles. The highest BCUT2D eigenvalue weighted by Gasteiger charge is 2.32. The van der Waals surface area contributed by atoms with Gasteiger partial charge in [0.25, 0.3) is 0 Å². The molecule has 0 aliphatic heterocycles. The van der Waals surface area contributed by atoms with Crippen molar-refractivity contribution in [2.75, 3.05) is 17.2 Å². The second-order valence-corrected chi connectivity index (χ2v) is 3.68. The van der Waals surface area contributed by atoms with Crippen LogP contribution < -0.4 is 17.2 Å². The summed E-state index contributed by atoms with van der Waals surface area (Å²) in [6.07, 6.45) is 2.48. The van der Waals surface area contributed by atoms with E-state index in [9.17, 15) is 9.59 Å². The number of nitrogens with two attached hydrogens (primary N) is 3. The molecule has 1 aromatic rings. The molecule has 5 heteroatoms. The molecule has 0 heterocycles. The first-order chi connectivity index (χ1) is 7.50. The lowest BCUT2D eigenvalue weighted by Gasteiger charge is -2.14. The van der Waals surface area contributed by atoms with Crippen molar-refractivity contribution in [3.05, 3.63) is 29.8 Å². The van der Waals surface area contributed by atoms with E-state index in [0.29, 0.717) is 11.3 Å². The molecular formula is C11H11N3O2. The van der Waals surface area contributed by atoms with Crippen molar-refractivity contribution in [3.8, 4) is 0 Å². The van der Waals surface area contributed by atoms with E-state index in [1.54, 1.807) is 0 Å². The van der Waals surface area contributed by atoms with Gasteiger partial charge in [-0.1, -0.05) is 0 Å². The molecule has 1 aliphatic rings. The van der Waals surface area contributed by atoms with Crippen LogP contribution in [-0.4, -0.2) is 11.6 Å². The maximum Gasteiger partial charge on any atom is 0.171 e. The summed E-state index contributed by atoms with van der Waals surface area (Å²) < 4.78 is 0. The zero-order chi connectivity index (χ0) is 11.9. The smallest absolute Gasteiger partial charge is 0.171 e. The number of ketones is 2.